The van der Waals surface area contributed by atoms with Crippen LogP contribution < -0.4 is 10.6 Å². The van der Waals surface area contributed by atoms with Crippen LogP contribution in [0.3, 0.4) is 0 Å². The first-order valence-electron chi connectivity index (χ1n) is 6.72. The molecule has 1 amide bonds. The van der Waals surface area contributed by atoms with Gasteiger partial charge in [0.2, 0.25) is 0 Å². The van der Waals surface area contributed by atoms with Gasteiger partial charge in [-0.2, -0.15) is 0 Å². The number of anilines is 1. The molecule has 7 heteroatoms. The number of thiophene rings is 1. The Balaban J connectivity index is 0.000000693. The minimum absolute atomic E-state index is 0.0127. The monoisotopic (exact) mass is 335 g/mol. The maximum atomic E-state index is 12.1. The molecule has 5 nitrogen and oxygen atoms in total. The largest absolute Gasteiger partial charge is 0.400 e. The van der Waals surface area contributed by atoms with Gasteiger partial charge in [-0.1, -0.05) is 11.6 Å². The van der Waals surface area contributed by atoms with E-state index in [1.165, 1.54) is 11.3 Å². The van der Waals surface area contributed by atoms with Crippen LogP contribution in [0.2, 0.25) is 5.15 Å². The number of aromatic nitrogens is 1. The molecule has 0 bridgehead atoms. The van der Waals surface area contributed by atoms with E-state index in [1.54, 1.807) is 6.07 Å². The van der Waals surface area contributed by atoms with E-state index in [2.05, 4.69) is 15.6 Å². The summed E-state index contributed by atoms with van der Waals surface area (Å²) in [5.41, 5.74) is 1.76. The summed E-state index contributed by atoms with van der Waals surface area (Å²) in [7, 11) is 1.00. The van der Waals surface area contributed by atoms with E-state index in [1.807, 2.05) is 18.2 Å². The molecule has 0 unspecified atom stereocenters. The van der Waals surface area contributed by atoms with Gasteiger partial charge < -0.3 is 15.7 Å². The van der Waals surface area contributed by atoms with Crippen molar-refractivity contribution in [3.05, 3.63) is 34.3 Å². The van der Waals surface area contributed by atoms with Gasteiger partial charge in [0.15, 0.2) is 0 Å². The number of nitrogens with zero attached hydrogens (tertiary/aromatic N) is 1. The lowest BCUT2D eigenvalue weighted by Crippen LogP contribution is -2.24. The van der Waals surface area contributed by atoms with Gasteiger partial charge in [0.05, 0.1) is 11.2 Å². The van der Waals surface area contributed by atoms with Gasteiger partial charge in [-0.05, 0) is 24.3 Å². The highest BCUT2D eigenvalue weighted by Crippen LogP contribution is 2.40. The van der Waals surface area contributed by atoms with E-state index in [0.717, 1.165) is 45.2 Å². The fourth-order valence-corrected chi connectivity index (χ4v) is 3.81. The molecule has 1 aliphatic rings. The van der Waals surface area contributed by atoms with E-state index in [-0.39, 0.29) is 5.91 Å². The van der Waals surface area contributed by atoms with Crippen LogP contribution in [0.15, 0.2) is 24.3 Å². The first kappa shape index (κ1) is 15.0. The van der Waals surface area contributed by atoms with Crippen LogP contribution in [0.1, 0.15) is 9.67 Å². The van der Waals surface area contributed by atoms with Crippen molar-refractivity contribution < 1.29 is 9.90 Å². The van der Waals surface area contributed by atoms with Crippen molar-refractivity contribution in [3.8, 4) is 0 Å². The Kier molecular flexibility index (Phi) is 4.15. The minimum Gasteiger partial charge on any atom is -0.400 e. The molecule has 3 aromatic rings. The topological polar surface area (TPSA) is 74.2 Å². The highest BCUT2D eigenvalue weighted by Gasteiger charge is 2.22. The van der Waals surface area contributed by atoms with Crippen molar-refractivity contribution in [2.24, 2.45) is 0 Å². The molecule has 0 saturated heterocycles. The zero-order valence-electron chi connectivity index (χ0n) is 11.8. The summed E-state index contributed by atoms with van der Waals surface area (Å²) in [6, 6.07) is 7.68. The molecule has 1 aliphatic heterocycles. The molecule has 1 aromatic carbocycles. The van der Waals surface area contributed by atoms with Crippen molar-refractivity contribution in [1.82, 2.24) is 10.3 Å². The molecule has 114 valence electrons. The first-order valence-corrected chi connectivity index (χ1v) is 7.92. The highest BCUT2D eigenvalue weighted by molar-refractivity contribution is 7.21. The van der Waals surface area contributed by atoms with Crippen LogP contribution in [0.25, 0.3) is 21.0 Å². The molecule has 0 spiro atoms. The lowest BCUT2D eigenvalue weighted by Gasteiger charge is -2.05. The van der Waals surface area contributed by atoms with Crippen LogP contribution in [-0.2, 0) is 0 Å². The SMILES string of the molecule is CO.O=C1NCCNc2c1sc1ccc3nc(Cl)ccc3c21. The van der Waals surface area contributed by atoms with Crippen LogP contribution in [-0.4, -0.2) is 36.2 Å². The Hall–Kier alpha value is -1.89. The molecule has 0 aliphatic carbocycles. The van der Waals surface area contributed by atoms with Gasteiger partial charge in [0.25, 0.3) is 5.91 Å². The zero-order chi connectivity index (χ0) is 15.7. The average molecular weight is 336 g/mol. The third kappa shape index (κ3) is 2.39. The fraction of sp³-hybridized carbons (Fsp3) is 0.200. The third-order valence-corrected chi connectivity index (χ3v) is 4.77. The van der Waals surface area contributed by atoms with Crippen LogP contribution in [0.5, 0.6) is 0 Å². The summed E-state index contributed by atoms with van der Waals surface area (Å²) in [4.78, 5) is 17.2. The number of carbonyl (C=O) groups excluding carboxylic acids is 1. The Bertz CT molecular complexity index is 863. The number of aliphatic hydroxyl groups is 1. The number of fused-ring (bicyclic) bond motifs is 5. The smallest absolute Gasteiger partial charge is 0.263 e. The minimum atomic E-state index is -0.0127. The van der Waals surface area contributed by atoms with Crippen molar-refractivity contribution in [3.63, 3.8) is 0 Å². The molecule has 3 heterocycles. The van der Waals surface area contributed by atoms with Gasteiger partial charge >= 0.3 is 0 Å². The average Bonchev–Trinajstić information content (AvgIpc) is 2.82. The molecule has 2 aromatic heterocycles. The van der Waals surface area contributed by atoms with E-state index in [0.29, 0.717) is 11.7 Å². The van der Waals surface area contributed by atoms with Gasteiger partial charge in [0, 0.05) is 35.7 Å². The molecular weight excluding hydrogens is 322 g/mol. The van der Waals surface area contributed by atoms with Crippen LogP contribution in [0, 0.1) is 0 Å². The van der Waals surface area contributed by atoms with Crippen LogP contribution >= 0.6 is 22.9 Å². The second-order valence-electron chi connectivity index (χ2n) is 4.63. The summed E-state index contributed by atoms with van der Waals surface area (Å²) >= 11 is 7.45. The Labute approximate surface area is 135 Å². The fourth-order valence-electron chi connectivity index (χ4n) is 2.55. The maximum absolute atomic E-state index is 12.1. The number of aliphatic hydroxyl groups excluding tert-OH is 1. The van der Waals surface area contributed by atoms with Crippen molar-refractivity contribution in [1.29, 1.82) is 0 Å². The molecule has 0 radical (unpaired) electrons. The standard InChI is InChI=1S/C14H10ClN3OS.CH4O/c15-10-4-1-7-8(18-10)2-3-9-11(7)12-13(20-9)14(19)17-6-5-16-12;1-2/h1-4,16H,5-6H2,(H,17,19);2H,1H3. The van der Waals surface area contributed by atoms with E-state index in [4.69, 9.17) is 16.7 Å². The molecule has 0 saturated carbocycles. The number of halogens is 1. The first-order chi connectivity index (χ1) is 10.7. The predicted molar refractivity (Wildman–Crippen MR) is 91.1 cm³/mol. The summed E-state index contributed by atoms with van der Waals surface area (Å²) in [6.07, 6.45) is 0. The summed E-state index contributed by atoms with van der Waals surface area (Å²) in [6.45, 7) is 1.36. The summed E-state index contributed by atoms with van der Waals surface area (Å²) < 4.78 is 1.08. The number of amides is 1. The molecule has 22 heavy (non-hydrogen) atoms. The molecule has 3 N–H and O–H groups in total. The quantitative estimate of drug-likeness (QED) is 0.552. The number of hydrogen-bond donors (Lipinski definition) is 3. The number of carbonyl (C=O) groups is 1. The van der Waals surface area contributed by atoms with Crippen LogP contribution in [0.4, 0.5) is 5.69 Å². The molecular formula is C15H14ClN3O2S. The molecule has 0 fully saturated rings. The second-order valence-corrected chi connectivity index (χ2v) is 6.07. The molecule has 4 rings (SSSR count). The van der Waals surface area contributed by atoms with Gasteiger partial charge in [-0.3, -0.25) is 4.79 Å². The van der Waals surface area contributed by atoms with Gasteiger partial charge in [-0.25, -0.2) is 4.98 Å². The molecule has 0 atom stereocenters. The van der Waals surface area contributed by atoms with Gasteiger partial charge in [-0.15, -0.1) is 11.3 Å². The zero-order valence-corrected chi connectivity index (χ0v) is 13.4. The number of pyridine rings is 1. The summed E-state index contributed by atoms with van der Waals surface area (Å²) in [5.74, 6) is -0.0127. The predicted octanol–water partition coefficient (Wildman–Crippen LogP) is 2.87. The van der Waals surface area contributed by atoms with Crippen molar-refractivity contribution >= 4 is 55.5 Å². The normalized spacial score (nSPS) is 13.7. The van der Waals surface area contributed by atoms with E-state index < -0.39 is 0 Å². The Morgan fingerprint density at radius 3 is 2.77 bits per heavy atom. The maximum Gasteiger partial charge on any atom is 0.263 e. The van der Waals surface area contributed by atoms with Gasteiger partial charge in [0.1, 0.15) is 10.0 Å². The van der Waals surface area contributed by atoms with Crippen molar-refractivity contribution in [2.75, 3.05) is 25.5 Å². The Morgan fingerprint density at radius 2 is 1.95 bits per heavy atom. The highest BCUT2D eigenvalue weighted by atomic mass is 35.5. The van der Waals surface area contributed by atoms with Crippen molar-refractivity contribution in [2.45, 2.75) is 0 Å². The Morgan fingerprint density at radius 1 is 1.18 bits per heavy atom. The number of rotatable bonds is 0. The third-order valence-electron chi connectivity index (χ3n) is 3.41. The van der Waals surface area contributed by atoms with E-state index >= 15 is 0 Å². The number of benzene rings is 1. The second kappa shape index (κ2) is 6.08. The number of nitrogens with one attached hydrogen (secondary N) is 2. The van der Waals surface area contributed by atoms with E-state index in [9.17, 15) is 4.79 Å². The number of hydrogen-bond acceptors (Lipinski definition) is 5. The lowest BCUT2D eigenvalue weighted by atomic mass is 10.1. The lowest BCUT2D eigenvalue weighted by molar-refractivity contribution is 0.0962. The summed E-state index contributed by atoms with van der Waals surface area (Å²) in [5, 5.41) is 15.8.